The predicted molar refractivity (Wildman–Crippen MR) is 121 cm³/mol. The fourth-order valence-corrected chi connectivity index (χ4v) is 3.62. The molecule has 1 aliphatic rings. The molecule has 2 aromatic heterocycles. The zero-order valence-corrected chi connectivity index (χ0v) is 18.0. The lowest BCUT2D eigenvalue weighted by atomic mass is 10.1. The van der Waals surface area contributed by atoms with Gasteiger partial charge in [-0.15, -0.1) is 0 Å². The number of aromatic nitrogens is 2. The molecule has 0 radical (unpaired) electrons. The van der Waals surface area contributed by atoms with Crippen LogP contribution in [0, 0.1) is 0 Å². The molecule has 0 spiro atoms. The van der Waals surface area contributed by atoms with Crippen molar-refractivity contribution in [3.05, 3.63) is 60.1 Å². The first-order valence-corrected chi connectivity index (χ1v) is 10.5. The van der Waals surface area contributed by atoms with Crippen molar-refractivity contribution < 1.29 is 19.0 Å². The lowest BCUT2D eigenvalue weighted by Crippen LogP contribution is -2.37. The second-order valence-corrected chi connectivity index (χ2v) is 7.85. The van der Waals surface area contributed by atoms with Crippen LogP contribution in [0.5, 0.6) is 17.2 Å². The van der Waals surface area contributed by atoms with Crippen LogP contribution in [0.2, 0.25) is 5.02 Å². The number of oxazole rings is 1. The van der Waals surface area contributed by atoms with Gasteiger partial charge in [0.25, 0.3) is 0 Å². The van der Waals surface area contributed by atoms with E-state index in [1.54, 1.807) is 43.8 Å². The maximum absolute atomic E-state index is 10.1. The zero-order valence-electron chi connectivity index (χ0n) is 17.2. The molecular weight excluding hydrogens is 432 g/mol. The van der Waals surface area contributed by atoms with E-state index in [1.807, 2.05) is 12.1 Å². The Morgan fingerprint density at radius 2 is 2.00 bits per heavy atom. The summed E-state index contributed by atoms with van der Waals surface area (Å²) in [4.78, 5) is 8.65. The van der Waals surface area contributed by atoms with Crippen LogP contribution >= 0.6 is 11.6 Å². The third kappa shape index (κ3) is 4.34. The average molecular weight is 453 g/mol. The Hall–Kier alpha value is -3.33. The van der Waals surface area contributed by atoms with Gasteiger partial charge in [-0.3, -0.25) is 10.3 Å². The average Bonchev–Trinajstić information content (AvgIpc) is 3.43. The van der Waals surface area contributed by atoms with E-state index in [2.05, 4.69) is 20.6 Å². The number of methoxy groups -OCH3 is 1. The third-order valence-electron chi connectivity index (χ3n) is 5.12. The summed E-state index contributed by atoms with van der Waals surface area (Å²) in [5.41, 5.74) is 2.00. The van der Waals surface area contributed by atoms with Crippen LogP contribution < -0.4 is 20.1 Å². The van der Waals surface area contributed by atoms with E-state index in [-0.39, 0.29) is 0 Å². The van der Waals surface area contributed by atoms with Crippen LogP contribution in [0.25, 0.3) is 22.4 Å². The van der Waals surface area contributed by atoms with Gasteiger partial charge in [0.05, 0.1) is 35.1 Å². The number of benzene rings is 2. The molecular formula is C23H21ClN4O4. The molecule has 0 aliphatic heterocycles. The Kier molecular flexibility index (Phi) is 5.57. The number of nitrogens with zero attached hydrogens (tertiary/aromatic N) is 2. The van der Waals surface area contributed by atoms with Crippen molar-refractivity contribution in [2.45, 2.75) is 25.2 Å². The number of rotatable bonds is 8. The van der Waals surface area contributed by atoms with Gasteiger partial charge in [-0.25, -0.2) is 4.98 Å². The van der Waals surface area contributed by atoms with Crippen LogP contribution in [-0.4, -0.2) is 34.6 Å². The van der Waals surface area contributed by atoms with Crippen molar-refractivity contribution in [2.75, 3.05) is 12.4 Å². The van der Waals surface area contributed by atoms with E-state index in [0.717, 1.165) is 18.2 Å². The van der Waals surface area contributed by atoms with Crippen LogP contribution in [-0.2, 0) is 0 Å². The van der Waals surface area contributed by atoms with Crippen LogP contribution in [0.1, 0.15) is 12.8 Å². The molecule has 0 saturated heterocycles. The molecule has 1 unspecified atom stereocenters. The van der Waals surface area contributed by atoms with E-state index in [1.165, 1.54) is 6.26 Å². The van der Waals surface area contributed by atoms with Gasteiger partial charge in [0.1, 0.15) is 23.5 Å². The number of pyridine rings is 1. The lowest BCUT2D eigenvalue weighted by Gasteiger charge is -2.17. The number of ether oxygens (including phenoxy) is 2. The molecule has 8 nitrogen and oxygen atoms in total. The Morgan fingerprint density at radius 3 is 2.72 bits per heavy atom. The van der Waals surface area contributed by atoms with Crippen molar-refractivity contribution >= 4 is 28.2 Å². The summed E-state index contributed by atoms with van der Waals surface area (Å²) in [6.07, 6.45) is 6.03. The molecule has 1 atom stereocenters. The highest BCUT2D eigenvalue weighted by atomic mass is 35.5. The maximum Gasteiger partial charge on any atom is 0.229 e. The highest BCUT2D eigenvalue weighted by Gasteiger charge is 2.23. The van der Waals surface area contributed by atoms with Crippen molar-refractivity contribution in [2.24, 2.45) is 0 Å². The Morgan fingerprint density at radius 1 is 1.12 bits per heavy atom. The second-order valence-electron chi connectivity index (χ2n) is 7.45. The molecule has 2 aromatic carbocycles. The van der Waals surface area contributed by atoms with Gasteiger partial charge in [-0.05, 0) is 37.1 Å². The highest BCUT2D eigenvalue weighted by Crippen LogP contribution is 2.38. The number of hydrogen-bond donors (Lipinski definition) is 3. The molecule has 4 aromatic rings. The van der Waals surface area contributed by atoms with Gasteiger partial charge < -0.3 is 24.3 Å². The standard InChI is InChI=1S/C23H21ClN4O4/c1-30-21-12-19-15(11-16(21)22-26-8-9-31-22)20(6-7-25-19)32-14-4-5-18(17(24)10-14)28-23(29)27-13-2-3-13/h4-13,23,27-29H,2-3H2,1H3. The topological polar surface area (TPSA) is 102 Å². The van der Waals surface area contributed by atoms with Crippen molar-refractivity contribution in [3.63, 3.8) is 0 Å². The minimum atomic E-state index is -0.862. The number of aliphatic hydroxyl groups excluding tert-OH is 1. The van der Waals surface area contributed by atoms with E-state index in [0.29, 0.717) is 51.0 Å². The van der Waals surface area contributed by atoms with Crippen LogP contribution in [0.15, 0.2) is 59.5 Å². The minimum absolute atomic E-state index is 0.360. The Balaban J connectivity index is 1.43. The molecule has 32 heavy (non-hydrogen) atoms. The van der Waals surface area contributed by atoms with Gasteiger partial charge in [0, 0.05) is 29.8 Å². The van der Waals surface area contributed by atoms with Gasteiger partial charge in [0.15, 0.2) is 6.35 Å². The summed E-state index contributed by atoms with van der Waals surface area (Å²) in [5.74, 6) is 2.18. The van der Waals surface area contributed by atoms with E-state index < -0.39 is 6.35 Å². The molecule has 1 saturated carbocycles. The minimum Gasteiger partial charge on any atom is -0.496 e. The molecule has 9 heteroatoms. The smallest absolute Gasteiger partial charge is 0.229 e. The molecule has 5 rings (SSSR count). The van der Waals surface area contributed by atoms with Crippen molar-refractivity contribution in [1.82, 2.24) is 15.3 Å². The van der Waals surface area contributed by atoms with E-state index in [4.69, 9.17) is 25.5 Å². The third-order valence-corrected chi connectivity index (χ3v) is 5.43. The van der Waals surface area contributed by atoms with Gasteiger partial charge in [0.2, 0.25) is 5.89 Å². The molecule has 0 amide bonds. The van der Waals surface area contributed by atoms with Crippen LogP contribution in [0.3, 0.4) is 0 Å². The van der Waals surface area contributed by atoms with Crippen LogP contribution in [0.4, 0.5) is 5.69 Å². The molecule has 1 fully saturated rings. The number of hydrogen-bond acceptors (Lipinski definition) is 8. The molecule has 3 N–H and O–H groups in total. The fourth-order valence-electron chi connectivity index (χ4n) is 3.40. The number of anilines is 1. The number of halogens is 1. The first kappa shape index (κ1) is 20.6. The molecule has 2 heterocycles. The number of nitrogens with one attached hydrogen (secondary N) is 2. The van der Waals surface area contributed by atoms with Gasteiger partial charge >= 0.3 is 0 Å². The zero-order chi connectivity index (χ0) is 22.1. The number of aliphatic hydroxyl groups is 1. The molecule has 0 bridgehead atoms. The first-order chi connectivity index (χ1) is 15.6. The Bertz CT molecular complexity index is 1240. The summed E-state index contributed by atoms with van der Waals surface area (Å²) in [5, 5.41) is 17.3. The summed E-state index contributed by atoms with van der Waals surface area (Å²) in [6.45, 7) is 0. The SMILES string of the molecule is COc1cc2nccc(Oc3ccc(NC(O)NC4CC4)c(Cl)c3)c2cc1-c1ncco1. The summed E-state index contributed by atoms with van der Waals surface area (Å²) >= 11 is 6.41. The van der Waals surface area contributed by atoms with Gasteiger partial charge in [-0.1, -0.05) is 11.6 Å². The highest BCUT2D eigenvalue weighted by molar-refractivity contribution is 6.33. The normalized spacial score (nSPS) is 14.3. The van der Waals surface area contributed by atoms with Gasteiger partial charge in [-0.2, -0.15) is 0 Å². The first-order valence-electron chi connectivity index (χ1n) is 10.2. The summed E-state index contributed by atoms with van der Waals surface area (Å²) in [6, 6.07) is 11.1. The Labute approximate surface area is 189 Å². The molecule has 164 valence electrons. The summed E-state index contributed by atoms with van der Waals surface area (Å²) < 4.78 is 17.1. The van der Waals surface area contributed by atoms with E-state index >= 15 is 0 Å². The second kappa shape index (κ2) is 8.66. The number of fused-ring (bicyclic) bond motifs is 1. The quantitative estimate of drug-likeness (QED) is 0.328. The van der Waals surface area contributed by atoms with Crippen molar-refractivity contribution in [1.29, 1.82) is 0 Å². The van der Waals surface area contributed by atoms with E-state index in [9.17, 15) is 5.11 Å². The fraction of sp³-hybridized carbons (Fsp3) is 0.217. The lowest BCUT2D eigenvalue weighted by molar-refractivity contribution is 0.163. The molecule has 1 aliphatic carbocycles. The van der Waals surface area contributed by atoms with Crippen molar-refractivity contribution in [3.8, 4) is 28.7 Å². The largest absolute Gasteiger partial charge is 0.496 e. The monoisotopic (exact) mass is 452 g/mol. The summed E-state index contributed by atoms with van der Waals surface area (Å²) in [7, 11) is 1.59. The maximum atomic E-state index is 10.1. The predicted octanol–water partition coefficient (Wildman–Crippen LogP) is 4.78.